The van der Waals surface area contributed by atoms with Crippen LogP contribution >= 0.6 is 11.6 Å². The maximum absolute atomic E-state index is 11.4. The van der Waals surface area contributed by atoms with Gasteiger partial charge in [0.1, 0.15) is 11.4 Å². The van der Waals surface area contributed by atoms with Gasteiger partial charge in [-0.3, -0.25) is 0 Å². The van der Waals surface area contributed by atoms with Crippen molar-refractivity contribution in [1.29, 1.82) is 0 Å². The average molecular weight is 255 g/mol. The van der Waals surface area contributed by atoms with Crippen LogP contribution in [-0.2, 0) is 4.74 Å². The maximum atomic E-state index is 11.4. The van der Waals surface area contributed by atoms with E-state index in [1.807, 2.05) is 0 Å². The molecule has 0 aliphatic carbocycles. The van der Waals surface area contributed by atoms with Crippen molar-refractivity contribution in [3.63, 3.8) is 0 Å². The van der Waals surface area contributed by atoms with E-state index in [0.717, 1.165) is 0 Å². The van der Waals surface area contributed by atoms with Crippen LogP contribution < -0.4 is 5.73 Å². The van der Waals surface area contributed by atoms with Crippen LogP contribution in [0.5, 0.6) is 0 Å². The first-order chi connectivity index (χ1) is 7.79. The second-order valence-corrected chi connectivity index (χ2v) is 4.86. The fourth-order valence-corrected chi connectivity index (χ4v) is 1.34. The zero-order valence-corrected chi connectivity index (χ0v) is 10.8. The monoisotopic (exact) mass is 254 g/mol. The van der Waals surface area contributed by atoms with Crippen molar-refractivity contribution in [1.82, 2.24) is 0 Å². The van der Waals surface area contributed by atoms with Gasteiger partial charge in [0.2, 0.25) is 0 Å². The number of halogens is 1. The number of hydrogen-bond acceptors (Lipinski definition) is 2. The zero-order valence-electron chi connectivity index (χ0n) is 10.0. The molecule has 0 heterocycles. The molecule has 1 aromatic carbocycles. The van der Waals surface area contributed by atoms with Gasteiger partial charge in [-0.2, -0.15) is 4.99 Å². The number of amidine groups is 1. The Morgan fingerprint density at radius 1 is 1.35 bits per heavy atom. The van der Waals surface area contributed by atoms with E-state index in [4.69, 9.17) is 22.1 Å². The largest absolute Gasteiger partial charge is 0.442 e. The van der Waals surface area contributed by atoms with Gasteiger partial charge >= 0.3 is 6.09 Å². The summed E-state index contributed by atoms with van der Waals surface area (Å²) in [4.78, 5) is 15.1. The number of hydrogen-bond donors (Lipinski definition) is 1. The van der Waals surface area contributed by atoms with Crippen molar-refractivity contribution in [3.8, 4) is 0 Å². The third kappa shape index (κ3) is 4.44. The molecule has 1 aromatic rings. The minimum Gasteiger partial charge on any atom is -0.442 e. The Kier molecular flexibility index (Phi) is 4.12. The fraction of sp³-hybridized carbons (Fsp3) is 0.333. The van der Waals surface area contributed by atoms with Crippen LogP contribution in [0.1, 0.15) is 26.3 Å². The molecule has 1 amide bonds. The van der Waals surface area contributed by atoms with Crippen LogP contribution in [0.25, 0.3) is 0 Å². The molecule has 0 fully saturated rings. The zero-order chi connectivity index (χ0) is 13.1. The normalized spacial score (nSPS) is 12.4. The Morgan fingerprint density at radius 2 is 1.94 bits per heavy atom. The van der Waals surface area contributed by atoms with Crippen molar-refractivity contribution in [2.75, 3.05) is 0 Å². The van der Waals surface area contributed by atoms with Crippen LogP contribution in [0.2, 0.25) is 5.02 Å². The molecule has 0 bridgehead atoms. The summed E-state index contributed by atoms with van der Waals surface area (Å²) in [6, 6.07) is 6.89. The molecule has 17 heavy (non-hydrogen) atoms. The summed E-state index contributed by atoms with van der Waals surface area (Å²) < 4.78 is 5.02. The van der Waals surface area contributed by atoms with Crippen molar-refractivity contribution >= 4 is 23.5 Å². The van der Waals surface area contributed by atoms with E-state index in [9.17, 15) is 4.79 Å². The lowest BCUT2D eigenvalue weighted by Gasteiger charge is -2.17. The molecule has 4 nitrogen and oxygen atoms in total. The van der Waals surface area contributed by atoms with Gasteiger partial charge in [0.25, 0.3) is 0 Å². The van der Waals surface area contributed by atoms with Gasteiger partial charge in [0.05, 0.1) is 5.02 Å². The average Bonchev–Trinajstić information content (AvgIpc) is 2.14. The van der Waals surface area contributed by atoms with Gasteiger partial charge in [-0.05, 0) is 32.9 Å². The Balaban J connectivity index is 2.87. The Morgan fingerprint density at radius 3 is 2.47 bits per heavy atom. The van der Waals surface area contributed by atoms with Crippen molar-refractivity contribution < 1.29 is 9.53 Å². The first-order valence-corrected chi connectivity index (χ1v) is 5.49. The lowest BCUT2D eigenvalue weighted by Crippen LogP contribution is -2.24. The number of rotatable bonds is 1. The molecule has 2 N–H and O–H groups in total. The van der Waals surface area contributed by atoms with Crippen LogP contribution in [-0.4, -0.2) is 17.5 Å². The first-order valence-electron chi connectivity index (χ1n) is 5.11. The van der Waals surface area contributed by atoms with Gasteiger partial charge in [-0.25, -0.2) is 4.79 Å². The van der Waals surface area contributed by atoms with E-state index in [-0.39, 0.29) is 5.84 Å². The lowest BCUT2D eigenvalue weighted by atomic mass is 10.2. The molecular formula is C12H15ClN2O2. The van der Waals surface area contributed by atoms with Crippen LogP contribution in [0.15, 0.2) is 29.3 Å². The number of aliphatic imine (C=N–C) groups is 1. The third-order valence-corrected chi connectivity index (χ3v) is 2.08. The first kappa shape index (κ1) is 13.5. The molecular weight excluding hydrogens is 240 g/mol. The SMILES string of the molecule is CC(C)(C)OC(=O)/N=C(\N)c1ccccc1Cl. The Hall–Kier alpha value is -1.55. The number of amides is 1. The minimum absolute atomic E-state index is 0.0462. The quantitative estimate of drug-likeness (QED) is 0.619. The number of carbonyl (C=O) groups is 1. The summed E-state index contributed by atoms with van der Waals surface area (Å²) >= 11 is 5.92. The number of benzene rings is 1. The van der Waals surface area contributed by atoms with Crippen LogP contribution in [0, 0.1) is 0 Å². The van der Waals surface area contributed by atoms with E-state index in [2.05, 4.69) is 4.99 Å². The smallest absolute Gasteiger partial charge is 0.436 e. The predicted octanol–water partition coefficient (Wildman–Crippen LogP) is 2.98. The topological polar surface area (TPSA) is 64.7 Å². The minimum atomic E-state index is -0.727. The van der Waals surface area contributed by atoms with Gasteiger partial charge in [0, 0.05) is 5.56 Å². The highest BCUT2D eigenvalue weighted by Crippen LogP contribution is 2.15. The molecule has 0 radical (unpaired) electrons. The Bertz CT molecular complexity index is 450. The lowest BCUT2D eigenvalue weighted by molar-refractivity contribution is 0.0604. The van der Waals surface area contributed by atoms with Crippen molar-refractivity contribution in [3.05, 3.63) is 34.9 Å². The molecule has 0 aliphatic rings. The van der Waals surface area contributed by atoms with Gasteiger partial charge in [0.15, 0.2) is 0 Å². The number of nitrogens with zero attached hydrogens (tertiary/aromatic N) is 1. The molecule has 92 valence electrons. The highest BCUT2D eigenvalue weighted by Gasteiger charge is 2.16. The van der Waals surface area contributed by atoms with Crippen LogP contribution in [0.3, 0.4) is 0 Å². The summed E-state index contributed by atoms with van der Waals surface area (Å²) in [5, 5.41) is 0.442. The van der Waals surface area contributed by atoms with E-state index >= 15 is 0 Å². The third-order valence-electron chi connectivity index (χ3n) is 1.76. The number of carbonyl (C=O) groups excluding carboxylic acids is 1. The van der Waals surface area contributed by atoms with E-state index < -0.39 is 11.7 Å². The molecule has 0 unspecified atom stereocenters. The highest BCUT2D eigenvalue weighted by atomic mass is 35.5. The second-order valence-electron chi connectivity index (χ2n) is 4.46. The molecule has 1 rings (SSSR count). The van der Waals surface area contributed by atoms with Gasteiger partial charge in [-0.1, -0.05) is 23.7 Å². The highest BCUT2D eigenvalue weighted by molar-refractivity contribution is 6.34. The van der Waals surface area contributed by atoms with Gasteiger partial charge < -0.3 is 10.5 Å². The number of ether oxygens (including phenoxy) is 1. The van der Waals surface area contributed by atoms with E-state index in [1.54, 1.807) is 45.0 Å². The maximum Gasteiger partial charge on any atom is 0.436 e. The molecule has 0 aliphatic heterocycles. The second kappa shape index (κ2) is 5.19. The summed E-state index contributed by atoms with van der Waals surface area (Å²) in [5.74, 6) is 0.0462. The number of nitrogens with two attached hydrogens (primary N) is 1. The molecule has 0 saturated heterocycles. The molecule has 5 heteroatoms. The standard InChI is InChI=1S/C12H15ClN2O2/c1-12(2,3)17-11(16)15-10(14)8-6-4-5-7-9(8)13/h4-7H,1-3H3,(H2,14,15,16). The van der Waals surface area contributed by atoms with Gasteiger partial charge in [-0.15, -0.1) is 0 Å². The summed E-state index contributed by atoms with van der Waals surface area (Å²) in [6.07, 6.45) is -0.727. The van der Waals surface area contributed by atoms with Crippen molar-refractivity contribution in [2.24, 2.45) is 10.7 Å². The summed E-state index contributed by atoms with van der Waals surface area (Å²) in [5.41, 5.74) is 5.60. The van der Waals surface area contributed by atoms with E-state index in [0.29, 0.717) is 10.6 Å². The van der Waals surface area contributed by atoms with E-state index in [1.165, 1.54) is 0 Å². The summed E-state index contributed by atoms with van der Waals surface area (Å²) in [7, 11) is 0. The fourth-order valence-electron chi connectivity index (χ4n) is 1.11. The molecule has 0 aromatic heterocycles. The molecule has 0 atom stereocenters. The molecule has 0 saturated carbocycles. The van der Waals surface area contributed by atoms with Crippen molar-refractivity contribution in [2.45, 2.75) is 26.4 Å². The van der Waals surface area contributed by atoms with Crippen LogP contribution in [0.4, 0.5) is 4.79 Å². The molecule has 0 spiro atoms. The predicted molar refractivity (Wildman–Crippen MR) is 68.4 cm³/mol. The summed E-state index contributed by atoms with van der Waals surface area (Å²) in [6.45, 7) is 5.27. The Labute approximate surface area is 105 Å².